The number of rotatable bonds is 8. The average molecular weight is 488 g/mol. The van der Waals surface area contributed by atoms with Crippen LogP contribution < -0.4 is 10.6 Å². The molecule has 0 aliphatic carbocycles. The Morgan fingerprint density at radius 3 is 2.67 bits per heavy atom. The fourth-order valence-corrected chi connectivity index (χ4v) is 3.39. The first kappa shape index (κ1) is 24.2. The Bertz CT molecular complexity index is 550. The summed E-state index contributed by atoms with van der Waals surface area (Å²) in [5.41, 5.74) is 2.11. The minimum Gasteiger partial charge on any atom is -0.386 e. The molecule has 154 valence electrons. The number of benzene rings is 1. The Labute approximate surface area is 182 Å². The second kappa shape index (κ2) is 13.3. The van der Waals surface area contributed by atoms with E-state index < -0.39 is 6.10 Å². The van der Waals surface area contributed by atoms with Gasteiger partial charge in [-0.2, -0.15) is 0 Å². The summed E-state index contributed by atoms with van der Waals surface area (Å²) in [6.45, 7) is 10.9. The summed E-state index contributed by atoms with van der Waals surface area (Å²) >= 11 is 0. The van der Waals surface area contributed by atoms with Crippen molar-refractivity contribution in [1.82, 2.24) is 15.5 Å². The van der Waals surface area contributed by atoms with E-state index in [-0.39, 0.29) is 24.0 Å². The van der Waals surface area contributed by atoms with Gasteiger partial charge in [-0.25, -0.2) is 0 Å². The van der Waals surface area contributed by atoms with Crippen LogP contribution in [0.3, 0.4) is 0 Å². The van der Waals surface area contributed by atoms with Crippen molar-refractivity contribution in [3.05, 3.63) is 35.4 Å². The van der Waals surface area contributed by atoms with Gasteiger partial charge < -0.3 is 20.6 Å². The van der Waals surface area contributed by atoms with Gasteiger partial charge in [-0.15, -0.1) is 24.0 Å². The van der Waals surface area contributed by atoms with Gasteiger partial charge in [0.25, 0.3) is 0 Å². The van der Waals surface area contributed by atoms with Gasteiger partial charge in [0.15, 0.2) is 5.96 Å². The highest BCUT2D eigenvalue weighted by molar-refractivity contribution is 14.0. The third-order valence-corrected chi connectivity index (χ3v) is 5.08. The number of aliphatic imine (C=N–C) groups is 1. The van der Waals surface area contributed by atoms with Crippen molar-refractivity contribution in [2.24, 2.45) is 4.99 Å². The van der Waals surface area contributed by atoms with E-state index >= 15 is 0 Å². The van der Waals surface area contributed by atoms with Crippen LogP contribution in [0.2, 0.25) is 0 Å². The van der Waals surface area contributed by atoms with Gasteiger partial charge in [0.2, 0.25) is 0 Å². The normalized spacial score (nSPS) is 19.3. The minimum atomic E-state index is -0.569. The van der Waals surface area contributed by atoms with Crippen LogP contribution in [-0.4, -0.2) is 54.7 Å². The number of nitrogens with zero attached hydrogens (tertiary/aromatic N) is 2. The lowest BCUT2D eigenvalue weighted by Crippen LogP contribution is -2.41. The summed E-state index contributed by atoms with van der Waals surface area (Å²) in [5.74, 6) is 0.783. The fraction of sp³-hybridized carbons (Fsp3) is 0.667. The Balaban J connectivity index is 0.00000364. The van der Waals surface area contributed by atoms with Crippen LogP contribution in [0, 0.1) is 6.92 Å². The van der Waals surface area contributed by atoms with Crippen LogP contribution in [0.15, 0.2) is 29.3 Å². The van der Waals surface area contributed by atoms with Crippen LogP contribution in [-0.2, 0) is 0 Å². The molecule has 2 atom stereocenters. The molecule has 27 heavy (non-hydrogen) atoms. The van der Waals surface area contributed by atoms with E-state index in [2.05, 4.69) is 34.4 Å². The van der Waals surface area contributed by atoms with E-state index in [9.17, 15) is 5.11 Å². The lowest BCUT2D eigenvalue weighted by molar-refractivity contribution is 0.159. The monoisotopic (exact) mass is 488 g/mol. The molecule has 0 bridgehead atoms. The first-order chi connectivity index (χ1) is 12.6. The summed E-state index contributed by atoms with van der Waals surface area (Å²) in [7, 11) is 0. The average Bonchev–Trinajstić information content (AvgIpc) is 2.64. The molecule has 1 saturated heterocycles. The zero-order chi connectivity index (χ0) is 18.8. The number of aryl methyl sites for hydroxylation is 1. The SMILES string of the molecule is CCNC(=NCC(O)c1ccc(C)cc1)NCCCN1CCCCC1C.I. The first-order valence-corrected chi connectivity index (χ1v) is 10.1. The number of nitrogens with one attached hydrogen (secondary N) is 2. The largest absolute Gasteiger partial charge is 0.386 e. The molecular formula is C21H37IN4O. The molecule has 1 heterocycles. The number of aliphatic hydroxyl groups is 1. The second-order valence-corrected chi connectivity index (χ2v) is 7.31. The van der Waals surface area contributed by atoms with Crippen molar-refractivity contribution >= 4 is 29.9 Å². The molecule has 3 N–H and O–H groups in total. The van der Waals surface area contributed by atoms with Crippen molar-refractivity contribution < 1.29 is 5.11 Å². The molecule has 1 aliphatic rings. The molecule has 5 nitrogen and oxygen atoms in total. The van der Waals surface area contributed by atoms with Crippen molar-refractivity contribution in [2.45, 2.75) is 58.6 Å². The maximum absolute atomic E-state index is 10.3. The number of hydrogen-bond donors (Lipinski definition) is 3. The van der Waals surface area contributed by atoms with E-state index in [0.29, 0.717) is 6.54 Å². The third kappa shape index (κ3) is 8.79. The van der Waals surface area contributed by atoms with Gasteiger partial charge in [-0.3, -0.25) is 4.99 Å². The molecule has 1 fully saturated rings. The second-order valence-electron chi connectivity index (χ2n) is 7.31. The lowest BCUT2D eigenvalue weighted by atomic mass is 10.0. The molecule has 0 aromatic heterocycles. The van der Waals surface area contributed by atoms with E-state index in [1.54, 1.807) is 0 Å². The predicted molar refractivity (Wildman–Crippen MR) is 125 cm³/mol. The Morgan fingerprint density at radius 1 is 1.26 bits per heavy atom. The molecule has 2 unspecified atom stereocenters. The van der Waals surface area contributed by atoms with Gasteiger partial charge in [-0.05, 0) is 52.1 Å². The summed E-state index contributed by atoms with van der Waals surface area (Å²) in [5, 5.41) is 17.0. The lowest BCUT2D eigenvalue weighted by Gasteiger charge is -2.33. The molecule has 0 spiro atoms. The van der Waals surface area contributed by atoms with Crippen molar-refractivity contribution in [3.8, 4) is 0 Å². The van der Waals surface area contributed by atoms with Crippen LogP contribution in [0.1, 0.15) is 56.8 Å². The Morgan fingerprint density at radius 2 is 2.00 bits per heavy atom. The van der Waals surface area contributed by atoms with Gasteiger partial charge >= 0.3 is 0 Å². The highest BCUT2D eigenvalue weighted by Gasteiger charge is 2.17. The maximum atomic E-state index is 10.3. The molecule has 1 aliphatic heterocycles. The topological polar surface area (TPSA) is 59.9 Å². The smallest absolute Gasteiger partial charge is 0.191 e. The van der Waals surface area contributed by atoms with E-state index in [4.69, 9.17) is 0 Å². The number of likely N-dealkylation sites (tertiary alicyclic amines) is 1. The summed E-state index contributed by atoms with van der Waals surface area (Å²) < 4.78 is 0. The van der Waals surface area contributed by atoms with Crippen LogP contribution in [0.4, 0.5) is 0 Å². The molecule has 0 radical (unpaired) electrons. The minimum absolute atomic E-state index is 0. The van der Waals surface area contributed by atoms with E-state index in [0.717, 1.165) is 43.6 Å². The van der Waals surface area contributed by atoms with E-state index in [1.165, 1.54) is 31.4 Å². The zero-order valence-electron chi connectivity index (χ0n) is 17.1. The van der Waals surface area contributed by atoms with E-state index in [1.807, 2.05) is 31.2 Å². The Kier molecular flexibility index (Phi) is 11.9. The fourth-order valence-electron chi connectivity index (χ4n) is 3.39. The number of aliphatic hydroxyl groups excluding tert-OH is 1. The number of hydrogen-bond acceptors (Lipinski definition) is 3. The summed E-state index contributed by atoms with van der Waals surface area (Å²) in [6, 6.07) is 8.70. The van der Waals surface area contributed by atoms with Crippen molar-refractivity contribution in [1.29, 1.82) is 0 Å². The van der Waals surface area contributed by atoms with Crippen molar-refractivity contribution in [2.75, 3.05) is 32.7 Å². The third-order valence-electron chi connectivity index (χ3n) is 5.08. The summed E-state index contributed by atoms with van der Waals surface area (Å²) in [4.78, 5) is 7.14. The van der Waals surface area contributed by atoms with Crippen molar-refractivity contribution in [3.63, 3.8) is 0 Å². The van der Waals surface area contributed by atoms with Gasteiger partial charge in [0.1, 0.15) is 0 Å². The highest BCUT2D eigenvalue weighted by atomic mass is 127. The summed E-state index contributed by atoms with van der Waals surface area (Å²) in [6.07, 6.45) is 4.57. The van der Waals surface area contributed by atoms with Gasteiger partial charge in [-0.1, -0.05) is 36.2 Å². The number of guanidine groups is 1. The van der Waals surface area contributed by atoms with Gasteiger partial charge in [0, 0.05) is 25.7 Å². The van der Waals surface area contributed by atoms with Crippen LogP contribution in [0.25, 0.3) is 0 Å². The molecular weight excluding hydrogens is 451 g/mol. The predicted octanol–water partition coefficient (Wildman–Crippen LogP) is 3.47. The van der Waals surface area contributed by atoms with Crippen LogP contribution >= 0.6 is 24.0 Å². The number of piperidine rings is 1. The molecule has 2 rings (SSSR count). The first-order valence-electron chi connectivity index (χ1n) is 10.1. The quantitative estimate of drug-likeness (QED) is 0.227. The molecule has 0 saturated carbocycles. The Hall–Kier alpha value is -0.860. The molecule has 1 aromatic carbocycles. The molecule has 0 amide bonds. The standard InChI is InChI=1S/C21H36N4O.HI/c1-4-22-21(23-13-7-15-25-14-6-5-8-18(25)3)24-16-20(26)19-11-9-17(2)10-12-19;/h9-12,18,20,26H,4-8,13-16H2,1-3H3,(H2,22,23,24);1H. The highest BCUT2D eigenvalue weighted by Crippen LogP contribution is 2.16. The van der Waals surface area contributed by atoms with Gasteiger partial charge in [0.05, 0.1) is 12.6 Å². The molecule has 6 heteroatoms. The zero-order valence-corrected chi connectivity index (χ0v) is 19.4. The number of halogens is 1. The maximum Gasteiger partial charge on any atom is 0.191 e. The van der Waals surface area contributed by atoms with Crippen LogP contribution in [0.5, 0.6) is 0 Å². The molecule has 1 aromatic rings.